The molecule has 1 saturated heterocycles. The topological polar surface area (TPSA) is 51.0 Å². The van der Waals surface area contributed by atoms with Crippen LogP contribution < -0.4 is 0 Å². The number of hydrogen-bond acceptors (Lipinski definition) is 3. The summed E-state index contributed by atoms with van der Waals surface area (Å²) >= 11 is 3.14. The van der Waals surface area contributed by atoms with Gasteiger partial charge in [-0.3, -0.25) is 14.5 Å². The van der Waals surface area contributed by atoms with Gasteiger partial charge in [0.2, 0.25) is 0 Å². The number of nitrogens with zero attached hydrogens (tertiary/aromatic N) is 4. The van der Waals surface area contributed by atoms with Gasteiger partial charge < -0.3 is 4.90 Å². The number of likely N-dealkylation sites (tertiary alicyclic amines) is 1. The molecule has 24 heavy (non-hydrogen) atoms. The molecule has 3 rings (SSSR count). The third-order valence-corrected chi connectivity index (χ3v) is 4.62. The van der Waals surface area contributed by atoms with Crippen LogP contribution in [0.2, 0.25) is 0 Å². The van der Waals surface area contributed by atoms with Crippen LogP contribution in [-0.2, 0) is 6.54 Å². The van der Waals surface area contributed by atoms with E-state index >= 15 is 0 Å². The van der Waals surface area contributed by atoms with Crippen molar-refractivity contribution in [1.82, 2.24) is 19.7 Å². The number of hydrogen-bond donors (Lipinski definition) is 0. The van der Waals surface area contributed by atoms with Crippen molar-refractivity contribution in [1.29, 1.82) is 0 Å². The third kappa shape index (κ3) is 3.71. The molecule has 0 bridgehead atoms. The fourth-order valence-electron chi connectivity index (χ4n) is 2.87. The Morgan fingerprint density at radius 2 is 1.88 bits per heavy atom. The highest BCUT2D eigenvalue weighted by Gasteiger charge is 2.30. The number of halogens is 4. The first-order chi connectivity index (χ1) is 11.3. The molecular weight excluding hydrogens is 389 g/mol. The van der Waals surface area contributed by atoms with Crippen LogP contribution in [0.3, 0.4) is 0 Å². The first kappa shape index (κ1) is 17.2. The van der Waals surface area contributed by atoms with E-state index in [1.165, 1.54) is 12.3 Å². The van der Waals surface area contributed by atoms with Crippen molar-refractivity contribution in [3.8, 4) is 0 Å². The summed E-state index contributed by atoms with van der Waals surface area (Å²) in [6, 6.07) is 1.39. The molecule has 2 aromatic rings. The number of pyridine rings is 1. The predicted molar refractivity (Wildman–Crippen MR) is 85.7 cm³/mol. The van der Waals surface area contributed by atoms with E-state index in [1.54, 1.807) is 4.90 Å². The van der Waals surface area contributed by atoms with Crippen LogP contribution in [0.1, 0.15) is 36.2 Å². The van der Waals surface area contributed by atoms with Gasteiger partial charge in [-0.2, -0.15) is 18.3 Å². The summed E-state index contributed by atoms with van der Waals surface area (Å²) in [7, 11) is 0. The lowest BCUT2D eigenvalue weighted by molar-refractivity contribution is -0.141. The molecular formula is C15H16BrF3N4O. The van der Waals surface area contributed by atoms with Gasteiger partial charge in [0.1, 0.15) is 16.8 Å². The molecule has 0 radical (unpaired) electrons. The fraction of sp³-hybridized carbons (Fsp3) is 0.533. The highest BCUT2D eigenvalue weighted by molar-refractivity contribution is 9.10. The van der Waals surface area contributed by atoms with Crippen molar-refractivity contribution in [3.63, 3.8) is 0 Å². The second kappa shape index (κ2) is 6.70. The lowest BCUT2D eigenvalue weighted by Gasteiger charge is -2.19. The van der Waals surface area contributed by atoms with E-state index in [2.05, 4.69) is 26.0 Å². The summed E-state index contributed by atoms with van der Waals surface area (Å²) in [4.78, 5) is 18.4. The van der Waals surface area contributed by atoms with Gasteiger partial charge in [0.25, 0.3) is 5.91 Å². The molecule has 0 unspecified atom stereocenters. The number of rotatable bonds is 2. The van der Waals surface area contributed by atoms with E-state index in [9.17, 15) is 18.0 Å². The largest absolute Gasteiger partial charge is 0.408 e. The molecule has 0 spiro atoms. The van der Waals surface area contributed by atoms with Gasteiger partial charge in [-0.25, -0.2) is 0 Å². The molecule has 1 amide bonds. The molecule has 0 N–H and O–H groups in total. The zero-order valence-corrected chi connectivity index (χ0v) is 14.4. The molecule has 1 aliphatic heterocycles. The van der Waals surface area contributed by atoms with Crippen LogP contribution in [0, 0.1) is 0 Å². The van der Waals surface area contributed by atoms with E-state index in [0.717, 1.165) is 30.4 Å². The zero-order valence-electron chi connectivity index (χ0n) is 12.8. The van der Waals surface area contributed by atoms with Crippen LogP contribution in [0.5, 0.6) is 0 Å². The average molecular weight is 405 g/mol. The van der Waals surface area contributed by atoms with Crippen LogP contribution in [0.15, 0.2) is 16.9 Å². The van der Waals surface area contributed by atoms with Crippen molar-refractivity contribution in [2.75, 3.05) is 13.1 Å². The standard InChI is InChI=1S/C15H16BrF3N4O/c16-13-10-8-20-11(14(24)22-5-3-1-2-4-6-22)7-12(10)23(21-13)9-15(17,18)19/h7-8H,1-6,9H2. The van der Waals surface area contributed by atoms with Crippen LogP contribution in [0.4, 0.5) is 13.2 Å². The number of aromatic nitrogens is 3. The summed E-state index contributed by atoms with van der Waals surface area (Å²) in [6.07, 6.45) is 1.04. The van der Waals surface area contributed by atoms with Gasteiger partial charge in [-0.15, -0.1) is 0 Å². The minimum absolute atomic E-state index is 0.153. The van der Waals surface area contributed by atoms with Crippen LogP contribution in [-0.4, -0.2) is 44.8 Å². The third-order valence-electron chi connectivity index (χ3n) is 4.03. The average Bonchev–Trinajstić information content (AvgIpc) is 2.71. The second-order valence-electron chi connectivity index (χ2n) is 5.86. The molecule has 1 aliphatic rings. The lowest BCUT2D eigenvalue weighted by atomic mass is 10.2. The van der Waals surface area contributed by atoms with Crippen LogP contribution in [0.25, 0.3) is 10.9 Å². The maximum Gasteiger partial charge on any atom is 0.408 e. The SMILES string of the molecule is O=C(c1cc2c(cn1)c(Br)nn2CC(F)(F)F)N1CCCCCC1. The number of fused-ring (bicyclic) bond motifs is 1. The number of carbonyl (C=O) groups excluding carboxylic acids is 1. The summed E-state index contributed by atoms with van der Waals surface area (Å²) in [5.74, 6) is -0.241. The molecule has 0 aliphatic carbocycles. The first-order valence-electron chi connectivity index (χ1n) is 7.73. The highest BCUT2D eigenvalue weighted by atomic mass is 79.9. The lowest BCUT2D eigenvalue weighted by Crippen LogP contribution is -2.32. The fourth-order valence-corrected chi connectivity index (χ4v) is 3.37. The van der Waals surface area contributed by atoms with Gasteiger partial charge in [-0.1, -0.05) is 12.8 Å². The molecule has 3 heterocycles. The van der Waals surface area contributed by atoms with Crippen LogP contribution >= 0.6 is 15.9 Å². The molecule has 9 heteroatoms. The van der Waals surface area contributed by atoms with Crippen molar-refractivity contribution in [2.45, 2.75) is 38.4 Å². The Labute approximate surface area is 145 Å². The van der Waals surface area contributed by atoms with Crippen molar-refractivity contribution < 1.29 is 18.0 Å². The molecule has 130 valence electrons. The van der Waals surface area contributed by atoms with Gasteiger partial charge >= 0.3 is 6.18 Å². The normalized spacial score (nSPS) is 16.4. The van der Waals surface area contributed by atoms with E-state index in [0.29, 0.717) is 18.5 Å². The van der Waals surface area contributed by atoms with Crippen molar-refractivity contribution in [3.05, 3.63) is 22.6 Å². The quantitative estimate of drug-likeness (QED) is 0.765. The van der Waals surface area contributed by atoms with Gasteiger partial charge in [0, 0.05) is 19.3 Å². The Bertz CT molecular complexity index is 751. The van der Waals surface area contributed by atoms with Gasteiger partial charge in [0.15, 0.2) is 0 Å². The second-order valence-corrected chi connectivity index (χ2v) is 6.61. The van der Waals surface area contributed by atoms with E-state index in [-0.39, 0.29) is 21.7 Å². The summed E-state index contributed by atoms with van der Waals surface area (Å²) in [5.41, 5.74) is 0.396. The minimum Gasteiger partial charge on any atom is -0.337 e. The number of amides is 1. The zero-order chi connectivity index (χ0) is 17.3. The van der Waals surface area contributed by atoms with Crippen molar-refractivity contribution in [2.24, 2.45) is 0 Å². The smallest absolute Gasteiger partial charge is 0.337 e. The Kier molecular flexibility index (Phi) is 4.80. The van der Waals surface area contributed by atoms with E-state index in [4.69, 9.17) is 0 Å². The molecule has 0 aromatic carbocycles. The molecule has 1 fully saturated rings. The maximum absolute atomic E-state index is 12.7. The monoisotopic (exact) mass is 404 g/mol. The number of alkyl halides is 3. The molecule has 5 nitrogen and oxygen atoms in total. The minimum atomic E-state index is -4.39. The molecule has 0 atom stereocenters. The van der Waals surface area contributed by atoms with E-state index in [1.807, 2.05) is 0 Å². The molecule has 0 saturated carbocycles. The predicted octanol–water partition coefficient (Wildman–Crippen LogP) is 3.77. The van der Waals surface area contributed by atoms with Gasteiger partial charge in [-0.05, 0) is 34.8 Å². The van der Waals surface area contributed by atoms with E-state index < -0.39 is 12.7 Å². The Morgan fingerprint density at radius 3 is 2.50 bits per heavy atom. The summed E-state index contributed by atoms with van der Waals surface area (Å²) in [5, 5.41) is 4.30. The Balaban J connectivity index is 1.94. The number of carbonyl (C=O) groups is 1. The summed E-state index contributed by atoms with van der Waals surface area (Å²) < 4.78 is 39.2. The Hall–Kier alpha value is -1.64. The maximum atomic E-state index is 12.7. The van der Waals surface area contributed by atoms with Crippen molar-refractivity contribution >= 4 is 32.7 Å². The van der Waals surface area contributed by atoms with Gasteiger partial charge in [0.05, 0.1) is 10.9 Å². The summed E-state index contributed by atoms with van der Waals surface area (Å²) in [6.45, 7) is 0.102. The Morgan fingerprint density at radius 1 is 1.21 bits per heavy atom. The molecule has 2 aromatic heterocycles. The first-order valence-corrected chi connectivity index (χ1v) is 8.52. The highest BCUT2D eigenvalue weighted by Crippen LogP contribution is 2.27.